The zero-order valence-corrected chi connectivity index (χ0v) is 26.9. The van der Waals surface area contributed by atoms with Gasteiger partial charge in [0.1, 0.15) is 29.5 Å². The lowest BCUT2D eigenvalue weighted by atomic mass is 10.0. The second-order valence-electron chi connectivity index (χ2n) is 13.9. The van der Waals surface area contributed by atoms with Crippen LogP contribution < -0.4 is 10.6 Å². The highest BCUT2D eigenvalue weighted by molar-refractivity contribution is 5.96. The standard InChI is InChI=1S/C33H44FN5O7/c1-32(2,3)37(4)30(44)35-25-14-9-7-5-6-8-12-21-16-33(21,29(42)43)36-27(40)26-15-22(18-39(26)28(25)41)46-31(45)38-17-20-11-10-13-24(34)23(20)19-38/h8,10-13,21-22,25-26H,5-7,9,14-19H2,1-4H3,(H,35,44)(H,36,40)(H,42,43)/b12-8-/t21-,22-,25+,26+,33-/m1/s1. The first kappa shape index (κ1) is 33.2. The van der Waals surface area contributed by atoms with Crippen LogP contribution in [0.4, 0.5) is 14.0 Å². The van der Waals surface area contributed by atoms with Gasteiger partial charge in [0.05, 0.1) is 13.1 Å². The summed E-state index contributed by atoms with van der Waals surface area (Å²) in [5.74, 6) is -3.11. The van der Waals surface area contributed by atoms with Gasteiger partial charge in [-0.25, -0.2) is 18.8 Å². The number of carboxylic acid groups (broad SMARTS) is 1. The first-order valence-corrected chi connectivity index (χ1v) is 16.0. The third kappa shape index (κ3) is 6.82. The van der Waals surface area contributed by atoms with E-state index in [1.807, 2.05) is 32.9 Å². The third-order valence-corrected chi connectivity index (χ3v) is 9.68. The van der Waals surface area contributed by atoms with Gasteiger partial charge in [-0.15, -0.1) is 0 Å². The summed E-state index contributed by atoms with van der Waals surface area (Å²) in [6, 6.07) is 2.12. The van der Waals surface area contributed by atoms with Crippen molar-refractivity contribution in [3.8, 4) is 0 Å². The van der Waals surface area contributed by atoms with Crippen LogP contribution in [0.1, 0.15) is 76.8 Å². The molecule has 5 amide bonds. The number of carboxylic acids is 1. The Labute approximate surface area is 268 Å². The maximum Gasteiger partial charge on any atom is 0.410 e. The third-order valence-electron chi connectivity index (χ3n) is 9.68. The Balaban J connectivity index is 1.38. The summed E-state index contributed by atoms with van der Waals surface area (Å²) in [6.45, 7) is 5.68. The number of aliphatic carboxylic acids is 1. The average molecular weight is 642 g/mol. The molecule has 5 atom stereocenters. The molecule has 3 heterocycles. The molecule has 5 rings (SSSR count). The lowest BCUT2D eigenvalue weighted by Crippen LogP contribution is -2.58. The van der Waals surface area contributed by atoms with Crippen LogP contribution >= 0.6 is 0 Å². The van der Waals surface area contributed by atoms with Crippen LogP contribution in [-0.4, -0.2) is 92.6 Å². The average Bonchev–Trinajstić information content (AvgIpc) is 3.30. The number of halogens is 1. The minimum atomic E-state index is -1.48. The molecule has 13 heteroatoms. The van der Waals surface area contributed by atoms with Gasteiger partial charge in [-0.3, -0.25) is 14.5 Å². The van der Waals surface area contributed by atoms with Crippen molar-refractivity contribution in [2.75, 3.05) is 13.6 Å². The summed E-state index contributed by atoms with van der Waals surface area (Å²) in [7, 11) is 1.64. The van der Waals surface area contributed by atoms with Crippen LogP contribution in [-0.2, 0) is 32.2 Å². The molecule has 1 aliphatic carbocycles. The van der Waals surface area contributed by atoms with Gasteiger partial charge in [-0.1, -0.05) is 37.1 Å². The predicted molar refractivity (Wildman–Crippen MR) is 165 cm³/mol. The summed E-state index contributed by atoms with van der Waals surface area (Å²) in [6.07, 6.45) is 5.66. The number of hydrogen-bond donors (Lipinski definition) is 3. The number of urea groups is 1. The summed E-state index contributed by atoms with van der Waals surface area (Å²) >= 11 is 0. The van der Waals surface area contributed by atoms with Crippen LogP contribution in [0.5, 0.6) is 0 Å². The Bertz CT molecular complexity index is 1430. The zero-order valence-electron chi connectivity index (χ0n) is 26.9. The van der Waals surface area contributed by atoms with Crippen LogP contribution in [0.2, 0.25) is 0 Å². The molecule has 1 aromatic rings. The molecule has 2 fully saturated rings. The Morgan fingerprint density at radius 3 is 2.61 bits per heavy atom. The Morgan fingerprint density at radius 2 is 1.91 bits per heavy atom. The molecule has 12 nitrogen and oxygen atoms in total. The van der Waals surface area contributed by atoms with Crippen LogP contribution in [0, 0.1) is 11.7 Å². The first-order chi connectivity index (χ1) is 21.7. The molecule has 46 heavy (non-hydrogen) atoms. The number of carbonyl (C=O) groups is 5. The Kier molecular flexibility index (Phi) is 9.33. The fourth-order valence-corrected chi connectivity index (χ4v) is 6.42. The number of fused-ring (bicyclic) bond motifs is 3. The van der Waals surface area contributed by atoms with Crippen molar-refractivity contribution in [3.63, 3.8) is 0 Å². The number of nitrogens with one attached hydrogen (secondary N) is 2. The smallest absolute Gasteiger partial charge is 0.410 e. The van der Waals surface area contributed by atoms with E-state index in [0.717, 1.165) is 19.3 Å². The molecular weight excluding hydrogens is 597 g/mol. The van der Waals surface area contributed by atoms with E-state index in [0.29, 0.717) is 24.0 Å². The minimum absolute atomic E-state index is 0.0333. The van der Waals surface area contributed by atoms with Crippen molar-refractivity contribution >= 4 is 29.9 Å². The molecule has 4 aliphatic rings. The molecule has 250 valence electrons. The second-order valence-corrected chi connectivity index (χ2v) is 13.9. The van der Waals surface area contributed by atoms with Crippen LogP contribution in [0.3, 0.4) is 0 Å². The van der Waals surface area contributed by atoms with E-state index >= 15 is 0 Å². The highest BCUT2D eigenvalue weighted by Gasteiger charge is 2.61. The molecule has 1 aromatic carbocycles. The second kappa shape index (κ2) is 12.9. The van der Waals surface area contributed by atoms with E-state index in [2.05, 4.69) is 10.6 Å². The quantitative estimate of drug-likeness (QED) is 0.428. The highest BCUT2D eigenvalue weighted by Crippen LogP contribution is 2.45. The van der Waals surface area contributed by atoms with E-state index in [1.54, 1.807) is 19.2 Å². The number of carbonyl (C=O) groups excluding carboxylic acids is 4. The molecule has 1 saturated heterocycles. The van der Waals surface area contributed by atoms with Crippen molar-refractivity contribution in [3.05, 3.63) is 47.3 Å². The van der Waals surface area contributed by atoms with Crippen molar-refractivity contribution in [1.82, 2.24) is 25.3 Å². The SMILES string of the molecule is CN(C(=O)N[C@H]1CCCCC/C=C\[C@@H]2C[C@@]2(C(=O)O)NC(=O)[C@@H]2C[C@@H](OC(=O)N3Cc4cccc(F)c4C3)CN2C1=O)C(C)(C)C. The molecule has 3 N–H and O–H groups in total. The van der Waals surface area contributed by atoms with Crippen LogP contribution in [0.25, 0.3) is 0 Å². The van der Waals surface area contributed by atoms with Gasteiger partial charge in [-0.2, -0.15) is 0 Å². The van der Waals surface area contributed by atoms with Gasteiger partial charge in [0.25, 0.3) is 0 Å². The fourth-order valence-electron chi connectivity index (χ4n) is 6.42. The Morgan fingerprint density at radius 1 is 1.15 bits per heavy atom. The number of allylic oxidation sites excluding steroid dienone is 1. The summed E-state index contributed by atoms with van der Waals surface area (Å²) < 4.78 is 20.1. The fraction of sp³-hybridized carbons (Fsp3) is 0.606. The normalized spacial score (nSPS) is 28.9. The summed E-state index contributed by atoms with van der Waals surface area (Å²) in [5.41, 5.74) is -0.903. The molecule has 0 radical (unpaired) electrons. The van der Waals surface area contributed by atoms with E-state index in [4.69, 9.17) is 4.74 Å². The number of rotatable bonds is 3. The van der Waals surface area contributed by atoms with Gasteiger partial charge in [-0.05, 0) is 58.1 Å². The number of benzene rings is 1. The van der Waals surface area contributed by atoms with E-state index in [-0.39, 0.29) is 38.4 Å². The molecule has 0 bridgehead atoms. The van der Waals surface area contributed by atoms with Gasteiger partial charge >= 0.3 is 18.1 Å². The monoisotopic (exact) mass is 641 g/mol. The molecule has 0 unspecified atom stereocenters. The maximum absolute atomic E-state index is 14.3. The van der Waals surface area contributed by atoms with Gasteiger partial charge < -0.3 is 30.3 Å². The molecular formula is C33H44FN5O7. The Hall–Kier alpha value is -4.16. The van der Waals surface area contributed by atoms with E-state index in [1.165, 1.54) is 20.8 Å². The van der Waals surface area contributed by atoms with Gasteiger partial charge in [0, 0.05) is 37.0 Å². The van der Waals surface area contributed by atoms with Gasteiger partial charge in [0.2, 0.25) is 11.8 Å². The van der Waals surface area contributed by atoms with E-state index in [9.17, 15) is 33.5 Å². The highest BCUT2D eigenvalue weighted by atomic mass is 19.1. The first-order valence-electron chi connectivity index (χ1n) is 16.0. The minimum Gasteiger partial charge on any atom is -0.479 e. The predicted octanol–water partition coefficient (Wildman–Crippen LogP) is 3.54. The number of nitrogens with zero attached hydrogens (tertiary/aromatic N) is 3. The van der Waals surface area contributed by atoms with Gasteiger partial charge in [0.15, 0.2) is 0 Å². The van der Waals surface area contributed by atoms with Crippen molar-refractivity contribution < 1.29 is 38.2 Å². The zero-order chi connectivity index (χ0) is 33.4. The number of hydrogen-bond acceptors (Lipinski definition) is 6. The van der Waals surface area contributed by atoms with Crippen LogP contribution in [0.15, 0.2) is 30.4 Å². The lowest BCUT2D eigenvalue weighted by molar-refractivity contribution is -0.145. The summed E-state index contributed by atoms with van der Waals surface area (Å²) in [4.78, 5) is 70.9. The van der Waals surface area contributed by atoms with Crippen molar-refractivity contribution in [1.29, 1.82) is 0 Å². The maximum atomic E-state index is 14.3. The molecule has 1 saturated carbocycles. The lowest BCUT2D eigenvalue weighted by Gasteiger charge is -2.34. The topological polar surface area (TPSA) is 149 Å². The van der Waals surface area contributed by atoms with Crippen molar-refractivity contribution in [2.24, 2.45) is 5.92 Å². The summed E-state index contributed by atoms with van der Waals surface area (Å²) in [5, 5.41) is 15.6. The van der Waals surface area contributed by atoms with E-state index < -0.39 is 65.0 Å². The van der Waals surface area contributed by atoms with Crippen molar-refractivity contribution in [2.45, 2.75) is 108 Å². The number of amides is 5. The molecule has 0 aromatic heterocycles. The largest absolute Gasteiger partial charge is 0.479 e. The molecule has 0 spiro atoms. The number of ether oxygens (including phenoxy) is 1. The molecule has 3 aliphatic heterocycles.